The van der Waals surface area contributed by atoms with Crippen molar-refractivity contribution >= 4 is 11.6 Å². The molecule has 0 spiro atoms. The van der Waals surface area contributed by atoms with Crippen molar-refractivity contribution in [2.24, 2.45) is 5.92 Å². The van der Waals surface area contributed by atoms with Crippen molar-refractivity contribution in [3.63, 3.8) is 0 Å². The summed E-state index contributed by atoms with van der Waals surface area (Å²) in [5.74, 6) is 2.32. The van der Waals surface area contributed by atoms with Crippen LogP contribution in [-0.2, 0) is 6.54 Å². The van der Waals surface area contributed by atoms with Gasteiger partial charge in [-0.05, 0) is 56.0 Å². The maximum Gasteiger partial charge on any atom is 0.231 e. The minimum Gasteiger partial charge on any atom is -0.454 e. The molecule has 3 nitrogen and oxygen atoms in total. The Morgan fingerprint density at radius 2 is 2.16 bits per heavy atom. The summed E-state index contributed by atoms with van der Waals surface area (Å²) < 4.78 is 10.8. The average Bonchev–Trinajstić information content (AvgIpc) is 2.75. The van der Waals surface area contributed by atoms with Gasteiger partial charge in [0, 0.05) is 6.54 Å². The van der Waals surface area contributed by atoms with Crippen molar-refractivity contribution in [3.05, 3.63) is 22.7 Å². The number of nitrogens with zero attached hydrogens (tertiary/aromatic N) is 1. The molecular formula is C15H20ClNO2. The normalized spacial score (nSPS) is 23.4. The molecule has 0 unspecified atom stereocenters. The third-order valence-electron chi connectivity index (χ3n) is 4.00. The molecule has 2 heterocycles. The van der Waals surface area contributed by atoms with E-state index in [9.17, 15) is 0 Å². The van der Waals surface area contributed by atoms with Gasteiger partial charge in [0.15, 0.2) is 11.5 Å². The van der Waals surface area contributed by atoms with Crippen molar-refractivity contribution in [2.75, 3.05) is 19.9 Å². The van der Waals surface area contributed by atoms with Gasteiger partial charge in [-0.1, -0.05) is 18.5 Å². The number of hydrogen-bond acceptors (Lipinski definition) is 3. The molecule has 1 aromatic carbocycles. The highest BCUT2D eigenvalue weighted by atomic mass is 35.5. The molecule has 0 amide bonds. The second kappa shape index (κ2) is 5.59. The Morgan fingerprint density at radius 3 is 3.05 bits per heavy atom. The van der Waals surface area contributed by atoms with Gasteiger partial charge in [0.05, 0.1) is 5.02 Å². The number of likely N-dealkylation sites (tertiary alicyclic amines) is 1. The van der Waals surface area contributed by atoms with Crippen LogP contribution in [0.2, 0.25) is 5.02 Å². The Balaban J connectivity index is 1.71. The molecule has 2 aliphatic rings. The quantitative estimate of drug-likeness (QED) is 0.825. The van der Waals surface area contributed by atoms with Crippen molar-refractivity contribution < 1.29 is 9.47 Å². The second-order valence-corrected chi connectivity index (χ2v) is 6.03. The van der Waals surface area contributed by atoms with E-state index in [4.69, 9.17) is 21.1 Å². The molecule has 19 heavy (non-hydrogen) atoms. The summed E-state index contributed by atoms with van der Waals surface area (Å²) in [7, 11) is 0. The van der Waals surface area contributed by atoms with E-state index in [1.807, 2.05) is 6.07 Å². The van der Waals surface area contributed by atoms with Gasteiger partial charge < -0.3 is 9.47 Å². The molecule has 4 heteroatoms. The Bertz CT molecular complexity index is 464. The summed E-state index contributed by atoms with van der Waals surface area (Å²) in [6.07, 6.45) is 3.93. The summed E-state index contributed by atoms with van der Waals surface area (Å²) >= 11 is 6.22. The summed E-state index contributed by atoms with van der Waals surface area (Å²) in [6, 6.07) is 4.06. The molecule has 1 saturated heterocycles. The lowest BCUT2D eigenvalue weighted by molar-refractivity contribution is 0.174. The predicted octanol–water partition coefficient (Wildman–Crippen LogP) is 3.69. The number of hydrogen-bond donors (Lipinski definition) is 0. The summed E-state index contributed by atoms with van der Waals surface area (Å²) in [6.45, 7) is 5.92. The molecule has 0 N–H and O–H groups in total. The van der Waals surface area contributed by atoms with Gasteiger partial charge in [-0.25, -0.2) is 0 Å². The Kier molecular flexibility index (Phi) is 3.85. The van der Waals surface area contributed by atoms with Crippen molar-refractivity contribution in [2.45, 2.75) is 32.7 Å². The first-order valence-electron chi connectivity index (χ1n) is 7.03. The molecule has 1 atom stereocenters. The van der Waals surface area contributed by atoms with Crippen LogP contribution in [0.15, 0.2) is 12.1 Å². The third kappa shape index (κ3) is 2.98. The van der Waals surface area contributed by atoms with E-state index < -0.39 is 0 Å². The molecule has 0 aliphatic carbocycles. The topological polar surface area (TPSA) is 21.7 Å². The fraction of sp³-hybridized carbons (Fsp3) is 0.600. The molecule has 0 radical (unpaired) electrons. The standard InChI is InChI=1S/C15H20ClNO2/c1-11-3-2-5-17(6-4-11)9-12-7-13(16)15-14(8-12)18-10-19-15/h7-8,11H,2-6,9-10H2,1H3/t11-/m1/s1. The van der Waals surface area contributed by atoms with Crippen LogP contribution in [-0.4, -0.2) is 24.8 Å². The van der Waals surface area contributed by atoms with Crippen LogP contribution < -0.4 is 9.47 Å². The fourth-order valence-electron chi connectivity index (χ4n) is 2.85. The van der Waals surface area contributed by atoms with Crippen LogP contribution in [0.3, 0.4) is 0 Å². The molecule has 0 bridgehead atoms. The largest absolute Gasteiger partial charge is 0.454 e. The molecule has 1 aromatic rings. The minimum atomic E-state index is 0.278. The van der Waals surface area contributed by atoms with Gasteiger partial charge in [-0.15, -0.1) is 0 Å². The lowest BCUT2D eigenvalue weighted by Gasteiger charge is -2.20. The van der Waals surface area contributed by atoms with Crippen LogP contribution in [0.1, 0.15) is 31.7 Å². The summed E-state index contributed by atoms with van der Waals surface area (Å²) in [5.41, 5.74) is 1.21. The summed E-state index contributed by atoms with van der Waals surface area (Å²) in [5, 5.41) is 0.660. The predicted molar refractivity (Wildman–Crippen MR) is 75.9 cm³/mol. The monoisotopic (exact) mass is 281 g/mol. The Morgan fingerprint density at radius 1 is 1.26 bits per heavy atom. The van der Waals surface area contributed by atoms with Crippen molar-refractivity contribution in [1.82, 2.24) is 4.90 Å². The first kappa shape index (κ1) is 13.1. The number of fused-ring (bicyclic) bond motifs is 1. The minimum absolute atomic E-state index is 0.278. The molecule has 3 rings (SSSR count). The van der Waals surface area contributed by atoms with Gasteiger partial charge in [-0.2, -0.15) is 0 Å². The first-order chi connectivity index (χ1) is 9.22. The fourth-order valence-corrected chi connectivity index (χ4v) is 3.14. The molecule has 0 saturated carbocycles. The molecule has 2 aliphatic heterocycles. The van der Waals surface area contributed by atoms with Crippen LogP contribution in [0, 0.1) is 5.92 Å². The van der Waals surface area contributed by atoms with E-state index in [0.717, 1.165) is 18.2 Å². The molecular weight excluding hydrogens is 262 g/mol. The van der Waals surface area contributed by atoms with Crippen LogP contribution in [0.25, 0.3) is 0 Å². The van der Waals surface area contributed by atoms with Gasteiger partial charge in [0.1, 0.15) is 0 Å². The maximum absolute atomic E-state index is 6.22. The van der Waals surface area contributed by atoms with Crippen LogP contribution >= 0.6 is 11.6 Å². The molecule has 104 valence electrons. The highest BCUT2D eigenvalue weighted by Gasteiger charge is 2.20. The van der Waals surface area contributed by atoms with Gasteiger partial charge in [-0.3, -0.25) is 4.90 Å². The average molecular weight is 282 g/mol. The lowest BCUT2D eigenvalue weighted by atomic mass is 10.0. The Hall–Kier alpha value is -0.930. The van der Waals surface area contributed by atoms with Crippen LogP contribution in [0.4, 0.5) is 0 Å². The zero-order valence-electron chi connectivity index (χ0n) is 11.3. The Labute approximate surface area is 119 Å². The zero-order valence-corrected chi connectivity index (χ0v) is 12.1. The third-order valence-corrected chi connectivity index (χ3v) is 4.28. The summed E-state index contributed by atoms with van der Waals surface area (Å²) in [4.78, 5) is 2.51. The van der Waals surface area contributed by atoms with Crippen molar-refractivity contribution in [1.29, 1.82) is 0 Å². The lowest BCUT2D eigenvalue weighted by Crippen LogP contribution is -2.24. The van der Waals surface area contributed by atoms with E-state index in [0.29, 0.717) is 10.8 Å². The van der Waals surface area contributed by atoms with E-state index >= 15 is 0 Å². The van der Waals surface area contributed by atoms with Gasteiger partial charge >= 0.3 is 0 Å². The number of rotatable bonds is 2. The number of ether oxygens (including phenoxy) is 2. The van der Waals surface area contributed by atoms with Crippen molar-refractivity contribution in [3.8, 4) is 11.5 Å². The number of benzene rings is 1. The smallest absolute Gasteiger partial charge is 0.231 e. The van der Waals surface area contributed by atoms with E-state index in [2.05, 4.69) is 17.9 Å². The first-order valence-corrected chi connectivity index (χ1v) is 7.40. The maximum atomic E-state index is 6.22. The molecule has 1 fully saturated rings. The number of halogens is 1. The highest BCUT2D eigenvalue weighted by Crippen LogP contribution is 2.40. The van der Waals surface area contributed by atoms with Gasteiger partial charge in [0.2, 0.25) is 6.79 Å². The second-order valence-electron chi connectivity index (χ2n) is 5.62. The van der Waals surface area contributed by atoms with Gasteiger partial charge in [0.25, 0.3) is 0 Å². The highest BCUT2D eigenvalue weighted by molar-refractivity contribution is 6.32. The molecule has 0 aromatic heterocycles. The van der Waals surface area contributed by atoms with Crippen LogP contribution in [0.5, 0.6) is 11.5 Å². The van der Waals surface area contributed by atoms with E-state index in [1.165, 1.54) is 37.9 Å². The van der Waals surface area contributed by atoms with E-state index in [1.54, 1.807) is 0 Å². The van der Waals surface area contributed by atoms with E-state index in [-0.39, 0.29) is 6.79 Å². The zero-order chi connectivity index (χ0) is 13.2. The SMILES string of the molecule is C[C@@H]1CCCN(Cc2cc(Cl)c3c(c2)OCO3)CC1.